The molecule has 17 heavy (non-hydrogen) atoms. The maximum Gasteiger partial charge on any atom is 0.222 e. The Morgan fingerprint density at radius 2 is 1.88 bits per heavy atom. The fourth-order valence-electron chi connectivity index (χ4n) is 2.75. The normalized spacial score (nSPS) is 22.9. The van der Waals surface area contributed by atoms with E-state index < -0.39 is 0 Å². The molecule has 0 bridgehead atoms. The number of carbonyl (C=O) groups is 1. The van der Waals surface area contributed by atoms with Crippen LogP contribution in [0.4, 0.5) is 0 Å². The Kier molecular flexibility index (Phi) is 4.40. The first-order valence-corrected chi connectivity index (χ1v) is 6.78. The van der Waals surface area contributed by atoms with Crippen molar-refractivity contribution >= 4 is 5.91 Å². The molecule has 2 saturated heterocycles. The van der Waals surface area contributed by atoms with Gasteiger partial charge in [-0.05, 0) is 51.9 Å². The first kappa shape index (κ1) is 12.8. The van der Waals surface area contributed by atoms with E-state index in [4.69, 9.17) is 0 Å². The number of hydrogen-bond acceptors (Lipinski definition) is 3. The lowest BCUT2D eigenvalue weighted by atomic mass is 9.94. The predicted octanol–water partition coefficient (Wildman–Crippen LogP) is 0.396. The summed E-state index contributed by atoms with van der Waals surface area (Å²) >= 11 is 0. The summed E-state index contributed by atoms with van der Waals surface area (Å²) in [6.45, 7) is 5.16. The predicted molar refractivity (Wildman–Crippen MR) is 68.8 cm³/mol. The molecule has 0 spiro atoms. The quantitative estimate of drug-likeness (QED) is 0.771. The van der Waals surface area contributed by atoms with Crippen LogP contribution in [-0.4, -0.2) is 62.5 Å². The van der Waals surface area contributed by atoms with E-state index in [1.54, 1.807) is 0 Å². The number of nitrogens with one attached hydrogen (secondary N) is 1. The summed E-state index contributed by atoms with van der Waals surface area (Å²) < 4.78 is 0. The maximum absolute atomic E-state index is 12.0. The third kappa shape index (κ3) is 3.68. The summed E-state index contributed by atoms with van der Waals surface area (Å²) in [6.07, 6.45) is 3.10. The summed E-state index contributed by atoms with van der Waals surface area (Å²) in [4.78, 5) is 16.3. The van der Waals surface area contributed by atoms with Gasteiger partial charge in [0.25, 0.3) is 0 Å². The third-order valence-corrected chi connectivity index (χ3v) is 3.92. The first-order valence-electron chi connectivity index (χ1n) is 6.78. The molecule has 0 saturated carbocycles. The lowest BCUT2D eigenvalue weighted by molar-refractivity contribution is -0.134. The molecule has 2 fully saturated rings. The fourth-order valence-corrected chi connectivity index (χ4v) is 2.75. The lowest BCUT2D eigenvalue weighted by Crippen LogP contribution is -2.47. The largest absolute Gasteiger partial charge is 0.343 e. The number of hydrogen-bond donors (Lipinski definition) is 1. The van der Waals surface area contributed by atoms with E-state index in [0.29, 0.717) is 11.8 Å². The molecule has 2 aliphatic rings. The van der Waals surface area contributed by atoms with Crippen LogP contribution in [0, 0.1) is 11.8 Å². The number of carbonyl (C=O) groups excluding carboxylic acids is 1. The highest BCUT2D eigenvalue weighted by Gasteiger charge is 2.26. The van der Waals surface area contributed by atoms with Crippen molar-refractivity contribution in [3.05, 3.63) is 0 Å². The minimum absolute atomic E-state index is 0.375. The molecule has 0 aliphatic carbocycles. The molecule has 4 heteroatoms. The SMILES string of the molecule is CN(C)CC1CCN(C(=O)CC2CNC2)CC1. The van der Waals surface area contributed by atoms with Crippen LogP contribution in [0.3, 0.4) is 0 Å². The molecule has 0 unspecified atom stereocenters. The van der Waals surface area contributed by atoms with Gasteiger partial charge in [0, 0.05) is 26.1 Å². The van der Waals surface area contributed by atoms with Gasteiger partial charge < -0.3 is 15.1 Å². The second kappa shape index (κ2) is 5.83. The molecular formula is C13H25N3O. The highest BCUT2D eigenvalue weighted by Crippen LogP contribution is 2.20. The Labute approximate surface area is 104 Å². The van der Waals surface area contributed by atoms with Crippen molar-refractivity contribution in [3.8, 4) is 0 Å². The van der Waals surface area contributed by atoms with Gasteiger partial charge in [0.1, 0.15) is 0 Å². The Hall–Kier alpha value is -0.610. The van der Waals surface area contributed by atoms with Gasteiger partial charge in [-0.3, -0.25) is 4.79 Å². The standard InChI is InChI=1S/C13H25N3O/c1-15(2)10-11-3-5-16(6-4-11)13(17)7-12-8-14-9-12/h11-12,14H,3-10H2,1-2H3. The van der Waals surface area contributed by atoms with Crippen LogP contribution in [0.25, 0.3) is 0 Å². The van der Waals surface area contributed by atoms with Crippen LogP contribution < -0.4 is 5.32 Å². The van der Waals surface area contributed by atoms with Crippen LogP contribution in [0.2, 0.25) is 0 Å². The van der Waals surface area contributed by atoms with Crippen molar-refractivity contribution in [2.45, 2.75) is 19.3 Å². The topological polar surface area (TPSA) is 35.6 Å². The van der Waals surface area contributed by atoms with E-state index in [1.807, 2.05) is 0 Å². The van der Waals surface area contributed by atoms with Crippen molar-refractivity contribution < 1.29 is 4.79 Å². The minimum Gasteiger partial charge on any atom is -0.343 e. The third-order valence-electron chi connectivity index (χ3n) is 3.92. The second-order valence-corrected chi connectivity index (χ2v) is 5.81. The van der Waals surface area contributed by atoms with Crippen LogP contribution in [0.1, 0.15) is 19.3 Å². The average molecular weight is 239 g/mol. The van der Waals surface area contributed by atoms with Gasteiger partial charge in [-0.2, -0.15) is 0 Å². The summed E-state index contributed by atoms with van der Waals surface area (Å²) in [5.74, 6) is 1.75. The highest BCUT2D eigenvalue weighted by molar-refractivity contribution is 5.76. The van der Waals surface area contributed by atoms with Gasteiger partial charge in [-0.1, -0.05) is 0 Å². The van der Waals surface area contributed by atoms with Crippen LogP contribution >= 0.6 is 0 Å². The molecule has 0 aromatic heterocycles. The van der Waals surface area contributed by atoms with Gasteiger partial charge in [-0.25, -0.2) is 0 Å². The van der Waals surface area contributed by atoms with Crippen LogP contribution in [0.5, 0.6) is 0 Å². The molecule has 4 nitrogen and oxygen atoms in total. The van der Waals surface area contributed by atoms with Gasteiger partial charge in [0.2, 0.25) is 5.91 Å². The molecule has 0 radical (unpaired) electrons. The molecule has 2 heterocycles. The van der Waals surface area contributed by atoms with Crippen molar-refractivity contribution in [1.82, 2.24) is 15.1 Å². The van der Waals surface area contributed by atoms with E-state index in [0.717, 1.165) is 45.1 Å². The number of nitrogens with zero attached hydrogens (tertiary/aromatic N) is 2. The monoisotopic (exact) mass is 239 g/mol. The fraction of sp³-hybridized carbons (Fsp3) is 0.923. The van der Waals surface area contributed by atoms with Gasteiger partial charge >= 0.3 is 0 Å². The summed E-state index contributed by atoms with van der Waals surface area (Å²) in [5, 5.41) is 3.22. The van der Waals surface area contributed by atoms with Gasteiger partial charge in [-0.15, -0.1) is 0 Å². The van der Waals surface area contributed by atoms with Crippen molar-refractivity contribution in [1.29, 1.82) is 0 Å². The molecule has 98 valence electrons. The Morgan fingerprint density at radius 1 is 1.24 bits per heavy atom. The molecule has 1 N–H and O–H groups in total. The minimum atomic E-state index is 0.375. The molecule has 1 amide bonds. The van der Waals surface area contributed by atoms with Gasteiger partial charge in [0.05, 0.1) is 0 Å². The highest BCUT2D eigenvalue weighted by atomic mass is 16.2. The molecular weight excluding hydrogens is 214 g/mol. The summed E-state index contributed by atoms with van der Waals surface area (Å²) in [5.41, 5.74) is 0. The number of piperidine rings is 1. The molecule has 0 aromatic carbocycles. The summed E-state index contributed by atoms with van der Waals surface area (Å²) in [7, 11) is 4.25. The Bertz CT molecular complexity index is 255. The van der Waals surface area contributed by atoms with E-state index in [-0.39, 0.29) is 0 Å². The zero-order valence-corrected chi connectivity index (χ0v) is 11.1. The second-order valence-electron chi connectivity index (χ2n) is 5.81. The molecule has 0 atom stereocenters. The summed E-state index contributed by atoms with van der Waals surface area (Å²) in [6, 6.07) is 0. The number of rotatable bonds is 4. The average Bonchev–Trinajstić information content (AvgIpc) is 2.23. The van der Waals surface area contributed by atoms with E-state index in [2.05, 4.69) is 29.2 Å². The maximum atomic E-state index is 12.0. The van der Waals surface area contributed by atoms with E-state index in [9.17, 15) is 4.79 Å². The zero-order chi connectivity index (χ0) is 12.3. The Morgan fingerprint density at radius 3 is 2.35 bits per heavy atom. The first-order chi connectivity index (χ1) is 8.15. The van der Waals surface area contributed by atoms with Crippen LogP contribution in [-0.2, 0) is 4.79 Å². The van der Waals surface area contributed by atoms with Gasteiger partial charge in [0.15, 0.2) is 0 Å². The smallest absolute Gasteiger partial charge is 0.222 e. The van der Waals surface area contributed by atoms with Crippen molar-refractivity contribution in [2.75, 3.05) is 46.8 Å². The van der Waals surface area contributed by atoms with Crippen molar-refractivity contribution in [3.63, 3.8) is 0 Å². The molecule has 0 aromatic rings. The Balaban J connectivity index is 1.68. The van der Waals surface area contributed by atoms with Crippen molar-refractivity contribution in [2.24, 2.45) is 11.8 Å². The molecule has 2 rings (SSSR count). The van der Waals surface area contributed by atoms with Crippen LogP contribution in [0.15, 0.2) is 0 Å². The zero-order valence-electron chi connectivity index (χ0n) is 11.1. The number of amides is 1. The molecule has 2 aliphatic heterocycles. The van der Waals surface area contributed by atoms with E-state index in [1.165, 1.54) is 12.8 Å². The number of likely N-dealkylation sites (tertiary alicyclic amines) is 1. The lowest BCUT2D eigenvalue weighted by Gasteiger charge is -2.35. The van der Waals surface area contributed by atoms with E-state index >= 15 is 0 Å².